The van der Waals surface area contributed by atoms with E-state index in [1.807, 2.05) is 84.9 Å². The standard InChI is InChI=1S/C28H33NO6S2/c1-34-25-15-12-24(13-16-25)21-36-27(17-14-22-8-4-2-5-9-22)26(18-19-37(31,32)33)29-28(30)35-20-23-10-6-3-7-11-23/h2-13,15-16,26-27H,14,17-21H2,1H3,(H,29,30)(H,31,32,33)/t26-,27+/m0/s1. The number of nitrogens with one attached hydrogen (secondary N) is 1. The molecule has 37 heavy (non-hydrogen) atoms. The summed E-state index contributed by atoms with van der Waals surface area (Å²) in [4.78, 5) is 12.7. The summed E-state index contributed by atoms with van der Waals surface area (Å²) in [5.74, 6) is 0.969. The first-order valence-electron chi connectivity index (χ1n) is 12.0. The molecule has 0 aliphatic heterocycles. The number of thioether (sulfide) groups is 1. The van der Waals surface area contributed by atoms with E-state index in [-0.39, 0.29) is 18.3 Å². The molecule has 0 aromatic heterocycles. The van der Waals surface area contributed by atoms with Gasteiger partial charge in [0.15, 0.2) is 0 Å². The molecule has 0 fully saturated rings. The van der Waals surface area contributed by atoms with E-state index in [2.05, 4.69) is 5.32 Å². The Labute approximate surface area is 223 Å². The van der Waals surface area contributed by atoms with Crippen molar-refractivity contribution in [2.75, 3.05) is 12.9 Å². The first-order valence-corrected chi connectivity index (χ1v) is 14.7. The van der Waals surface area contributed by atoms with E-state index in [0.717, 1.165) is 28.9 Å². The summed E-state index contributed by atoms with van der Waals surface area (Å²) in [5.41, 5.74) is 3.08. The van der Waals surface area contributed by atoms with Crippen LogP contribution in [0.3, 0.4) is 0 Å². The molecule has 0 saturated heterocycles. The van der Waals surface area contributed by atoms with E-state index < -0.39 is 28.0 Å². The maximum absolute atomic E-state index is 12.7. The van der Waals surface area contributed by atoms with Crippen LogP contribution < -0.4 is 10.1 Å². The maximum Gasteiger partial charge on any atom is 0.407 e. The minimum Gasteiger partial charge on any atom is -0.497 e. The average Bonchev–Trinajstić information content (AvgIpc) is 2.91. The molecule has 9 heteroatoms. The lowest BCUT2D eigenvalue weighted by Gasteiger charge is -2.27. The molecular formula is C28H33NO6S2. The minimum absolute atomic E-state index is 0.0638. The molecule has 0 unspecified atom stereocenters. The van der Waals surface area contributed by atoms with Crippen LogP contribution in [0.1, 0.15) is 29.5 Å². The first kappa shape index (κ1) is 28.6. The second-order valence-corrected chi connectivity index (χ2v) is 11.4. The lowest BCUT2D eigenvalue weighted by Crippen LogP contribution is -2.43. The highest BCUT2D eigenvalue weighted by molar-refractivity contribution is 7.99. The van der Waals surface area contributed by atoms with Crippen molar-refractivity contribution < 1.29 is 27.2 Å². The van der Waals surface area contributed by atoms with Crippen LogP contribution in [0.4, 0.5) is 4.79 Å². The fourth-order valence-electron chi connectivity index (χ4n) is 3.82. The molecule has 3 rings (SSSR count). The van der Waals surface area contributed by atoms with Gasteiger partial charge in [0.05, 0.1) is 12.9 Å². The Morgan fingerprint density at radius 3 is 2.11 bits per heavy atom. The Hall–Kier alpha value is -3.01. The summed E-state index contributed by atoms with van der Waals surface area (Å²) >= 11 is 1.63. The maximum atomic E-state index is 12.7. The van der Waals surface area contributed by atoms with Crippen molar-refractivity contribution in [3.05, 3.63) is 102 Å². The molecular weight excluding hydrogens is 510 g/mol. The third kappa shape index (κ3) is 10.9. The fraction of sp³-hybridized carbons (Fsp3) is 0.321. The van der Waals surface area contributed by atoms with E-state index >= 15 is 0 Å². The highest BCUT2D eigenvalue weighted by atomic mass is 32.2. The molecule has 7 nitrogen and oxygen atoms in total. The second-order valence-electron chi connectivity index (χ2n) is 8.61. The minimum atomic E-state index is -4.20. The Balaban J connectivity index is 1.73. The van der Waals surface area contributed by atoms with Crippen LogP contribution >= 0.6 is 11.8 Å². The fourth-order valence-corrected chi connectivity index (χ4v) is 5.69. The number of hydrogen-bond acceptors (Lipinski definition) is 6. The van der Waals surface area contributed by atoms with Gasteiger partial charge in [-0.1, -0.05) is 72.8 Å². The van der Waals surface area contributed by atoms with Crippen molar-refractivity contribution in [3.63, 3.8) is 0 Å². The van der Waals surface area contributed by atoms with Crippen molar-refractivity contribution >= 4 is 28.0 Å². The number of carbonyl (C=O) groups excluding carboxylic acids is 1. The van der Waals surface area contributed by atoms with Gasteiger partial charge < -0.3 is 14.8 Å². The summed E-state index contributed by atoms with van der Waals surface area (Å²) < 4.78 is 43.2. The third-order valence-electron chi connectivity index (χ3n) is 5.84. The van der Waals surface area contributed by atoms with E-state index in [9.17, 15) is 17.8 Å². The first-order chi connectivity index (χ1) is 17.8. The summed E-state index contributed by atoms with van der Waals surface area (Å²) in [6.45, 7) is 0.103. The lowest BCUT2D eigenvalue weighted by atomic mass is 10.0. The van der Waals surface area contributed by atoms with Crippen LogP contribution in [0.15, 0.2) is 84.9 Å². The molecule has 2 atom stereocenters. The molecule has 0 saturated carbocycles. The van der Waals surface area contributed by atoms with Gasteiger partial charge in [-0.25, -0.2) is 4.79 Å². The van der Waals surface area contributed by atoms with Gasteiger partial charge in [-0.3, -0.25) is 4.55 Å². The Kier molecular flexibility index (Phi) is 11.3. The topological polar surface area (TPSA) is 102 Å². The highest BCUT2D eigenvalue weighted by Crippen LogP contribution is 2.27. The summed E-state index contributed by atoms with van der Waals surface area (Å²) in [6, 6.07) is 26.5. The molecule has 2 N–H and O–H groups in total. The second kappa shape index (κ2) is 14.7. The Bertz CT molecular complexity index is 1190. The number of ether oxygens (including phenoxy) is 2. The van der Waals surface area contributed by atoms with Gasteiger partial charge in [-0.15, -0.1) is 0 Å². The van der Waals surface area contributed by atoms with Crippen LogP contribution in [-0.2, 0) is 33.6 Å². The Morgan fingerprint density at radius 2 is 1.51 bits per heavy atom. The van der Waals surface area contributed by atoms with Gasteiger partial charge in [0.1, 0.15) is 12.4 Å². The van der Waals surface area contributed by atoms with Crippen LogP contribution in [0, 0.1) is 0 Å². The molecule has 0 aliphatic carbocycles. The number of carbonyl (C=O) groups is 1. The highest BCUT2D eigenvalue weighted by Gasteiger charge is 2.26. The number of methoxy groups -OCH3 is 1. The quantitative estimate of drug-likeness (QED) is 0.259. The van der Waals surface area contributed by atoms with E-state index in [1.165, 1.54) is 0 Å². The van der Waals surface area contributed by atoms with Crippen LogP contribution in [0.25, 0.3) is 0 Å². The predicted octanol–water partition coefficient (Wildman–Crippen LogP) is 5.50. The Morgan fingerprint density at radius 1 is 0.892 bits per heavy atom. The normalized spacial score (nSPS) is 12.9. The van der Waals surface area contributed by atoms with E-state index in [1.54, 1.807) is 18.9 Å². The van der Waals surface area contributed by atoms with Gasteiger partial charge in [0.2, 0.25) is 0 Å². The zero-order valence-corrected chi connectivity index (χ0v) is 22.4. The van der Waals surface area contributed by atoms with Gasteiger partial charge in [-0.05, 0) is 48.1 Å². The van der Waals surface area contributed by atoms with Crippen molar-refractivity contribution in [1.29, 1.82) is 0 Å². The molecule has 0 spiro atoms. The van der Waals surface area contributed by atoms with Crippen molar-refractivity contribution in [2.24, 2.45) is 0 Å². The number of rotatable bonds is 14. The van der Waals surface area contributed by atoms with Gasteiger partial charge in [0, 0.05) is 17.0 Å². The van der Waals surface area contributed by atoms with E-state index in [4.69, 9.17) is 9.47 Å². The average molecular weight is 544 g/mol. The molecule has 3 aromatic carbocycles. The summed E-state index contributed by atoms with van der Waals surface area (Å²) in [7, 11) is -2.58. The van der Waals surface area contributed by atoms with Crippen molar-refractivity contribution in [2.45, 2.75) is 42.9 Å². The third-order valence-corrected chi connectivity index (χ3v) is 8.08. The van der Waals surface area contributed by atoms with Gasteiger partial charge in [-0.2, -0.15) is 20.2 Å². The molecule has 3 aromatic rings. The SMILES string of the molecule is COc1ccc(CS[C@H](CCc2ccccc2)[C@H](CCS(=O)(=O)O)NC(=O)OCc2ccccc2)cc1. The summed E-state index contributed by atoms with van der Waals surface area (Å²) in [5, 5.41) is 2.74. The van der Waals surface area contributed by atoms with E-state index in [0.29, 0.717) is 12.2 Å². The molecule has 1 amide bonds. The number of amides is 1. The van der Waals surface area contributed by atoms with Gasteiger partial charge in [0.25, 0.3) is 10.1 Å². The smallest absolute Gasteiger partial charge is 0.407 e. The largest absolute Gasteiger partial charge is 0.497 e. The summed E-state index contributed by atoms with van der Waals surface area (Å²) in [6.07, 6.45) is 0.886. The zero-order chi connectivity index (χ0) is 26.5. The number of aryl methyl sites for hydroxylation is 1. The number of alkyl carbamates (subject to hydrolysis) is 1. The monoisotopic (exact) mass is 543 g/mol. The van der Waals surface area contributed by atoms with Crippen molar-refractivity contribution in [3.8, 4) is 5.75 Å². The number of hydrogen-bond donors (Lipinski definition) is 2. The van der Waals surface area contributed by atoms with Crippen LogP contribution in [-0.4, -0.2) is 43.2 Å². The van der Waals surface area contributed by atoms with Crippen LogP contribution in [0.2, 0.25) is 0 Å². The molecule has 0 heterocycles. The molecule has 0 aliphatic rings. The lowest BCUT2D eigenvalue weighted by molar-refractivity contribution is 0.135. The predicted molar refractivity (Wildman–Crippen MR) is 147 cm³/mol. The molecule has 0 radical (unpaired) electrons. The van der Waals surface area contributed by atoms with Crippen LogP contribution in [0.5, 0.6) is 5.75 Å². The molecule has 0 bridgehead atoms. The van der Waals surface area contributed by atoms with Crippen molar-refractivity contribution in [1.82, 2.24) is 5.32 Å². The number of benzene rings is 3. The zero-order valence-electron chi connectivity index (χ0n) is 20.8. The molecule has 198 valence electrons. The van der Waals surface area contributed by atoms with Gasteiger partial charge >= 0.3 is 6.09 Å².